The second-order valence-electron chi connectivity index (χ2n) is 29.9. The molecule has 1 aliphatic carbocycles. The van der Waals surface area contributed by atoms with Crippen LogP contribution in [0.2, 0.25) is 0 Å². The van der Waals surface area contributed by atoms with E-state index in [0.717, 1.165) is 66.8 Å². The van der Waals surface area contributed by atoms with Gasteiger partial charge in [-0.2, -0.15) is 0 Å². The van der Waals surface area contributed by atoms with Gasteiger partial charge in [0.25, 0.3) is 0 Å². The monoisotopic (exact) mass is 1580 g/mol. The van der Waals surface area contributed by atoms with E-state index < -0.39 is 98.0 Å². The highest BCUT2D eigenvalue weighted by molar-refractivity contribution is 5.24. The third-order valence-corrected chi connectivity index (χ3v) is 21.4. The maximum absolute atomic E-state index is 8.19. The summed E-state index contributed by atoms with van der Waals surface area (Å²) in [5, 5.41) is 0. The lowest BCUT2D eigenvalue weighted by Gasteiger charge is -2.52. The molecule has 0 radical (unpaired) electrons. The Hall–Kier alpha value is -10.0. The first kappa shape index (κ1) is 83.1. The first-order valence-corrected chi connectivity index (χ1v) is 40.9. The van der Waals surface area contributed by atoms with E-state index in [1.165, 1.54) is 0 Å². The number of rotatable bonds is 42. The molecule has 16 heteroatoms. The van der Waals surface area contributed by atoms with E-state index in [4.69, 9.17) is 75.8 Å². The van der Waals surface area contributed by atoms with Crippen molar-refractivity contribution < 1.29 is 75.8 Å². The van der Waals surface area contributed by atoms with Gasteiger partial charge in [-0.1, -0.05) is 364 Å². The SMILES string of the molecule is c1ccc(COC[C@H]2O[C@H](OC[C@H]3O[C@H](OC4[C@@H](OCc5ccccc5)[C@H](OCc5ccccc5)C(OCc5ccccc5)[C@H](OCc5ccccc5)[C@@H]4OCc4ccccc4)[C@H](OCc4ccccc4)[C@@H](OCc4ccccc4)[C@H]3OCc3ccccc3)[C@H](OCc3ccccc3)[C@@H](OCc3ccccc3)[C@H]2OCc2ccccc2)cc1. The highest BCUT2D eigenvalue weighted by atomic mass is 16.8. The fraction of sp³-hybridized carbons (Fsp3) is 0.294. The van der Waals surface area contributed by atoms with Gasteiger partial charge in [0.2, 0.25) is 0 Å². The van der Waals surface area contributed by atoms with Crippen LogP contribution in [0.25, 0.3) is 0 Å². The standard InChI is InChI=1S/C102H104O16/c1-13-37-75(38-14-1)61-103-73-87-89(104-62-76-39-15-2-16-40-76)91(106-64-78-43-19-4-20-44-78)99(113-71-85-57-33-11-34-58-85)101(116-87)115-74-88-90(105-63-77-41-17-3-18-42-77)92(107-65-79-45-21-5-22-46-79)100(114-72-86-59-35-12-36-60-86)102(117-88)118-98-96(111-69-83-53-29-9-30-54-83)94(109-67-81-49-25-7-26-50-81)93(108-66-80-47-23-6-24-48-80)95(110-68-82-51-27-8-28-52-82)97(98)112-70-84-55-31-10-32-56-84/h1-60,87-102H,61-74H2/t87-,88-,89+,90+,91+,92+,93?,94-,95+,96+,97+,98?,99-,100-,101+,102-/m1/s1. The first-order chi connectivity index (χ1) is 58.5. The summed E-state index contributed by atoms with van der Waals surface area (Å²) in [7, 11) is 0. The van der Waals surface area contributed by atoms with Crippen molar-refractivity contribution in [2.75, 3.05) is 13.2 Å². The first-order valence-electron chi connectivity index (χ1n) is 40.9. The van der Waals surface area contributed by atoms with Crippen LogP contribution in [0.3, 0.4) is 0 Å². The van der Waals surface area contributed by atoms with Crippen molar-refractivity contribution in [3.8, 4) is 0 Å². The van der Waals surface area contributed by atoms with Gasteiger partial charge in [0.1, 0.15) is 85.5 Å². The van der Waals surface area contributed by atoms with Gasteiger partial charge in [0.15, 0.2) is 12.6 Å². The van der Waals surface area contributed by atoms with Crippen molar-refractivity contribution in [2.24, 2.45) is 0 Å². The maximum atomic E-state index is 8.19. The molecule has 16 nitrogen and oxygen atoms in total. The average molecular weight is 1590 g/mol. The Morgan fingerprint density at radius 2 is 0.322 bits per heavy atom. The second kappa shape index (κ2) is 44.7. The van der Waals surface area contributed by atoms with E-state index in [1.807, 2.05) is 328 Å². The molecule has 3 aliphatic rings. The van der Waals surface area contributed by atoms with Crippen molar-refractivity contribution in [2.45, 2.75) is 177 Å². The zero-order valence-corrected chi connectivity index (χ0v) is 66.3. The smallest absolute Gasteiger partial charge is 0.187 e. The van der Waals surface area contributed by atoms with Crippen LogP contribution in [-0.4, -0.2) is 111 Å². The van der Waals surface area contributed by atoms with Crippen LogP contribution in [-0.2, 0) is 155 Å². The van der Waals surface area contributed by atoms with Gasteiger partial charge in [-0.15, -0.1) is 0 Å². The van der Waals surface area contributed by atoms with Crippen LogP contribution in [0.15, 0.2) is 364 Å². The molecule has 3 fully saturated rings. The summed E-state index contributed by atoms with van der Waals surface area (Å²) >= 11 is 0. The predicted octanol–water partition coefficient (Wildman–Crippen LogP) is 18.5. The largest absolute Gasteiger partial charge is 0.374 e. The summed E-state index contributed by atoms with van der Waals surface area (Å²) in [6.07, 6.45) is -15.8. The number of benzene rings is 12. The van der Waals surface area contributed by atoms with Gasteiger partial charge in [-0.25, -0.2) is 0 Å². The molecule has 0 aromatic heterocycles. The lowest BCUT2D eigenvalue weighted by atomic mass is 9.83. The minimum atomic E-state index is -1.36. The zero-order chi connectivity index (χ0) is 79.8. The summed E-state index contributed by atoms with van der Waals surface area (Å²) in [6.45, 7) is 2.02. The average Bonchev–Trinajstić information content (AvgIpc) is 0.756. The van der Waals surface area contributed by atoms with Gasteiger partial charge in [-0.05, 0) is 66.8 Å². The van der Waals surface area contributed by atoms with E-state index >= 15 is 0 Å². The Labute approximate surface area is 693 Å². The third-order valence-electron chi connectivity index (χ3n) is 21.4. The summed E-state index contributed by atoms with van der Waals surface area (Å²) < 4.78 is 120. The molecule has 0 spiro atoms. The Morgan fingerprint density at radius 1 is 0.153 bits per heavy atom. The quantitative estimate of drug-likeness (QED) is 0.0357. The molecule has 0 bridgehead atoms. The molecule has 15 rings (SSSR count). The second-order valence-corrected chi connectivity index (χ2v) is 29.9. The van der Waals surface area contributed by atoms with Crippen LogP contribution in [0, 0.1) is 0 Å². The van der Waals surface area contributed by atoms with E-state index in [2.05, 4.69) is 36.4 Å². The van der Waals surface area contributed by atoms with Crippen LogP contribution < -0.4 is 0 Å². The summed E-state index contributed by atoms with van der Waals surface area (Å²) in [5.41, 5.74) is 11.2. The summed E-state index contributed by atoms with van der Waals surface area (Å²) in [5.74, 6) is 0. The topological polar surface area (TPSA) is 148 Å². The van der Waals surface area contributed by atoms with Crippen LogP contribution in [0.4, 0.5) is 0 Å². The van der Waals surface area contributed by atoms with Gasteiger partial charge in [0, 0.05) is 0 Å². The molecule has 608 valence electrons. The molecule has 12 aromatic carbocycles. The van der Waals surface area contributed by atoms with Crippen molar-refractivity contribution in [1.29, 1.82) is 0 Å². The summed E-state index contributed by atoms with van der Waals surface area (Å²) in [4.78, 5) is 0. The molecule has 2 unspecified atom stereocenters. The minimum Gasteiger partial charge on any atom is -0.374 e. The molecule has 2 saturated heterocycles. The Morgan fingerprint density at radius 3 is 0.559 bits per heavy atom. The van der Waals surface area contributed by atoms with Gasteiger partial charge in [-0.3, -0.25) is 0 Å². The molecule has 2 heterocycles. The molecular weight excluding hydrogens is 1480 g/mol. The summed E-state index contributed by atoms with van der Waals surface area (Å²) in [6, 6.07) is 121. The molecule has 12 aromatic rings. The van der Waals surface area contributed by atoms with E-state index in [9.17, 15) is 0 Å². The Kier molecular flexibility index (Phi) is 31.5. The number of hydrogen-bond donors (Lipinski definition) is 0. The molecular formula is C102H104O16. The molecule has 0 N–H and O–H groups in total. The van der Waals surface area contributed by atoms with Crippen molar-refractivity contribution >= 4 is 0 Å². The van der Waals surface area contributed by atoms with E-state index in [0.29, 0.717) is 6.61 Å². The van der Waals surface area contributed by atoms with Gasteiger partial charge in [0.05, 0.1) is 92.5 Å². The highest BCUT2D eigenvalue weighted by Gasteiger charge is 2.59. The van der Waals surface area contributed by atoms with Crippen molar-refractivity contribution in [1.82, 2.24) is 0 Å². The maximum Gasteiger partial charge on any atom is 0.187 e. The lowest BCUT2D eigenvalue weighted by Crippen LogP contribution is -2.70. The molecule has 1 saturated carbocycles. The van der Waals surface area contributed by atoms with Crippen molar-refractivity contribution in [3.63, 3.8) is 0 Å². The normalized spacial score (nSPS) is 23.8. The van der Waals surface area contributed by atoms with Gasteiger partial charge < -0.3 is 75.8 Å². The Balaban J connectivity index is 0.876. The molecule has 16 atom stereocenters. The Bertz CT molecular complexity index is 4620. The molecule has 0 amide bonds. The van der Waals surface area contributed by atoms with Gasteiger partial charge >= 0.3 is 0 Å². The fourth-order valence-corrected chi connectivity index (χ4v) is 15.3. The fourth-order valence-electron chi connectivity index (χ4n) is 15.3. The highest BCUT2D eigenvalue weighted by Crippen LogP contribution is 2.41. The van der Waals surface area contributed by atoms with Crippen molar-refractivity contribution in [3.05, 3.63) is 431 Å². The number of hydrogen-bond acceptors (Lipinski definition) is 16. The molecule has 118 heavy (non-hydrogen) atoms. The van der Waals surface area contributed by atoms with Crippen LogP contribution >= 0.6 is 0 Å². The minimum absolute atomic E-state index is 0.0893. The van der Waals surface area contributed by atoms with E-state index in [-0.39, 0.29) is 85.9 Å². The zero-order valence-electron chi connectivity index (χ0n) is 66.3. The third kappa shape index (κ3) is 24.1. The van der Waals surface area contributed by atoms with Crippen LogP contribution in [0.1, 0.15) is 66.8 Å². The van der Waals surface area contributed by atoms with Crippen LogP contribution in [0.5, 0.6) is 0 Å². The molecule has 2 aliphatic heterocycles. The lowest BCUT2D eigenvalue weighted by molar-refractivity contribution is -0.374. The predicted molar refractivity (Wildman–Crippen MR) is 449 cm³/mol. The number of ether oxygens (including phenoxy) is 16. The van der Waals surface area contributed by atoms with E-state index in [1.54, 1.807) is 0 Å².